The molecule has 0 bridgehead atoms. The first kappa shape index (κ1) is 21.9. The number of rotatable bonds is 6. The Labute approximate surface area is 197 Å². The van der Waals surface area contributed by atoms with Crippen molar-refractivity contribution >= 4 is 22.6 Å². The van der Waals surface area contributed by atoms with Gasteiger partial charge < -0.3 is 15.4 Å². The minimum atomic E-state index is -0.120. The van der Waals surface area contributed by atoms with E-state index in [0.29, 0.717) is 18.7 Å². The Morgan fingerprint density at radius 2 is 2.06 bits per heavy atom. The molecule has 1 aliphatic rings. The standard InChI is InChI=1S/C26H26N6O2/c1-15(18-5-4-6-19-20(26(33)27-3)7-8-28-25(18)19)11-30-24-10-22(31-14-32-24)17-9-21-16(2)34-13-23(21)29-12-17/h4-10,12,14-16H,11,13H2,1-3H3,(H,27,33)(H,30,31,32)/t15-,16+/m1/s1. The van der Waals surface area contributed by atoms with Gasteiger partial charge in [0.1, 0.15) is 12.1 Å². The Morgan fingerprint density at radius 1 is 1.18 bits per heavy atom. The van der Waals surface area contributed by atoms with Crippen LogP contribution < -0.4 is 10.6 Å². The van der Waals surface area contributed by atoms with Crippen molar-refractivity contribution in [1.29, 1.82) is 0 Å². The zero-order chi connectivity index (χ0) is 23.7. The molecule has 1 aromatic carbocycles. The van der Waals surface area contributed by atoms with E-state index in [4.69, 9.17) is 4.74 Å². The van der Waals surface area contributed by atoms with E-state index in [9.17, 15) is 4.79 Å². The van der Waals surface area contributed by atoms with Gasteiger partial charge in [-0.25, -0.2) is 9.97 Å². The molecule has 0 spiro atoms. The lowest BCUT2D eigenvalue weighted by Crippen LogP contribution is -2.18. The largest absolute Gasteiger partial charge is 0.369 e. The van der Waals surface area contributed by atoms with Crippen LogP contribution in [-0.2, 0) is 11.3 Å². The van der Waals surface area contributed by atoms with E-state index in [1.807, 2.05) is 31.3 Å². The zero-order valence-corrected chi connectivity index (χ0v) is 19.4. The van der Waals surface area contributed by atoms with E-state index >= 15 is 0 Å². The highest BCUT2D eigenvalue weighted by molar-refractivity contribution is 6.06. The second kappa shape index (κ2) is 9.15. The maximum atomic E-state index is 12.3. The number of pyridine rings is 2. The molecule has 4 heterocycles. The number of amides is 1. The molecule has 0 saturated carbocycles. The van der Waals surface area contributed by atoms with Crippen LogP contribution in [0.4, 0.5) is 5.82 Å². The second-order valence-electron chi connectivity index (χ2n) is 8.46. The summed E-state index contributed by atoms with van der Waals surface area (Å²) >= 11 is 0. The SMILES string of the molecule is CNC(=O)c1ccnc2c([C@H](C)CNc3cc(-c4cnc5c(c4)[C@H](C)OC5)ncn3)cccc12. The van der Waals surface area contributed by atoms with Gasteiger partial charge in [0.15, 0.2) is 0 Å². The van der Waals surface area contributed by atoms with Crippen LogP contribution >= 0.6 is 0 Å². The van der Waals surface area contributed by atoms with Crippen LogP contribution in [0.5, 0.6) is 0 Å². The van der Waals surface area contributed by atoms with Crippen LogP contribution in [-0.4, -0.2) is 39.4 Å². The maximum absolute atomic E-state index is 12.3. The predicted molar refractivity (Wildman–Crippen MR) is 131 cm³/mol. The van der Waals surface area contributed by atoms with Crippen molar-refractivity contribution in [3.05, 3.63) is 77.5 Å². The van der Waals surface area contributed by atoms with Gasteiger partial charge in [0.25, 0.3) is 5.91 Å². The number of anilines is 1. The number of aromatic nitrogens is 4. The summed E-state index contributed by atoms with van der Waals surface area (Å²) in [7, 11) is 1.63. The minimum absolute atomic E-state index is 0.0426. The highest BCUT2D eigenvalue weighted by Gasteiger charge is 2.21. The smallest absolute Gasteiger partial charge is 0.251 e. The van der Waals surface area contributed by atoms with Gasteiger partial charge in [0.05, 0.1) is 35.2 Å². The Balaban J connectivity index is 1.36. The van der Waals surface area contributed by atoms with Gasteiger partial charge >= 0.3 is 0 Å². The summed E-state index contributed by atoms with van der Waals surface area (Å²) in [6, 6.07) is 11.7. The Kier molecular flexibility index (Phi) is 5.90. The fraction of sp³-hybridized carbons (Fsp3) is 0.269. The summed E-state index contributed by atoms with van der Waals surface area (Å²) in [5.41, 5.74) is 6.37. The van der Waals surface area contributed by atoms with Crippen LogP contribution in [0.25, 0.3) is 22.2 Å². The fourth-order valence-electron chi connectivity index (χ4n) is 4.33. The van der Waals surface area contributed by atoms with Crippen LogP contribution in [0.3, 0.4) is 0 Å². The lowest BCUT2D eigenvalue weighted by atomic mass is 9.96. The van der Waals surface area contributed by atoms with Crippen molar-refractivity contribution in [3.63, 3.8) is 0 Å². The molecule has 1 amide bonds. The van der Waals surface area contributed by atoms with Crippen LogP contribution in [0.2, 0.25) is 0 Å². The number of benzene rings is 1. The highest BCUT2D eigenvalue weighted by Crippen LogP contribution is 2.32. The molecule has 2 N–H and O–H groups in total. The van der Waals surface area contributed by atoms with Gasteiger partial charge in [0.2, 0.25) is 0 Å². The molecule has 3 aromatic heterocycles. The summed E-state index contributed by atoms with van der Waals surface area (Å²) in [5.74, 6) is 0.751. The normalized spacial score (nSPS) is 15.7. The van der Waals surface area contributed by atoms with Gasteiger partial charge in [-0.2, -0.15) is 0 Å². The van der Waals surface area contributed by atoms with Crippen molar-refractivity contribution in [2.45, 2.75) is 32.5 Å². The Morgan fingerprint density at radius 3 is 2.91 bits per heavy atom. The quantitative estimate of drug-likeness (QED) is 0.449. The molecular formula is C26H26N6O2. The third-order valence-electron chi connectivity index (χ3n) is 6.27. The number of carbonyl (C=O) groups excluding carboxylic acids is 1. The molecule has 0 aliphatic carbocycles. The van der Waals surface area contributed by atoms with Crippen molar-refractivity contribution in [1.82, 2.24) is 25.3 Å². The first-order valence-electron chi connectivity index (χ1n) is 11.3. The van der Waals surface area contributed by atoms with Gasteiger partial charge in [-0.1, -0.05) is 25.1 Å². The Bertz CT molecular complexity index is 1370. The molecule has 0 unspecified atom stereocenters. The van der Waals surface area contributed by atoms with E-state index < -0.39 is 0 Å². The first-order valence-corrected chi connectivity index (χ1v) is 11.3. The number of fused-ring (bicyclic) bond motifs is 2. The summed E-state index contributed by atoms with van der Waals surface area (Å²) < 4.78 is 5.67. The third-order valence-corrected chi connectivity index (χ3v) is 6.27. The fourth-order valence-corrected chi connectivity index (χ4v) is 4.33. The van der Waals surface area contributed by atoms with Gasteiger partial charge in [-0.05, 0) is 24.6 Å². The van der Waals surface area contributed by atoms with E-state index in [-0.39, 0.29) is 17.9 Å². The molecule has 8 heteroatoms. The maximum Gasteiger partial charge on any atom is 0.251 e. The highest BCUT2D eigenvalue weighted by atomic mass is 16.5. The van der Waals surface area contributed by atoms with Crippen molar-refractivity contribution in [2.75, 3.05) is 18.9 Å². The molecule has 172 valence electrons. The summed E-state index contributed by atoms with van der Waals surface area (Å²) in [6.07, 6.45) is 5.12. The molecule has 0 fully saturated rings. The molecule has 4 aromatic rings. The molecule has 5 rings (SSSR count). The van der Waals surface area contributed by atoms with Crippen molar-refractivity contribution in [2.24, 2.45) is 0 Å². The van der Waals surface area contributed by atoms with Gasteiger partial charge in [0, 0.05) is 54.5 Å². The van der Waals surface area contributed by atoms with Gasteiger partial charge in [-0.15, -0.1) is 0 Å². The van der Waals surface area contributed by atoms with E-state index in [1.165, 1.54) is 0 Å². The topological polar surface area (TPSA) is 102 Å². The van der Waals surface area contributed by atoms with Crippen molar-refractivity contribution < 1.29 is 9.53 Å². The lowest BCUT2D eigenvalue weighted by Gasteiger charge is -2.16. The zero-order valence-electron chi connectivity index (χ0n) is 19.4. The molecular weight excluding hydrogens is 428 g/mol. The van der Waals surface area contributed by atoms with Gasteiger partial charge in [-0.3, -0.25) is 14.8 Å². The number of nitrogens with zero attached hydrogens (tertiary/aromatic N) is 4. The van der Waals surface area contributed by atoms with E-state index in [0.717, 1.165) is 44.8 Å². The van der Waals surface area contributed by atoms with Crippen molar-refractivity contribution in [3.8, 4) is 11.3 Å². The number of nitrogens with one attached hydrogen (secondary N) is 2. The van der Waals surface area contributed by atoms with E-state index in [2.05, 4.69) is 49.6 Å². The van der Waals surface area contributed by atoms with E-state index in [1.54, 1.807) is 25.6 Å². The lowest BCUT2D eigenvalue weighted by molar-refractivity contribution is 0.0787. The number of hydrogen-bond acceptors (Lipinski definition) is 7. The molecule has 8 nitrogen and oxygen atoms in total. The van der Waals surface area contributed by atoms with Crippen LogP contribution in [0, 0.1) is 0 Å². The number of para-hydroxylation sites is 1. The molecule has 1 aliphatic heterocycles. The Hall–Kier alpha value is -3.91. The van der Waals surface area contributed by atoms with Crippen LogP contribution in [0.1, 0.15) is 53.0 Å². The summed E-state index contributed by atoms with van der Waals surface area (Å²) in [6.45, 7) is 5.36. The van der Waals surface area contributed by atoms with Crippen LogP contribution in [0.15, 0.2) is 55.1 Å². The molecule has 0 radical (unpaired) electrons. The molecule has 2 atom stereocenters. The summed E-state index contributed by atoms with van der Waals surface area (Å²) in [4.78, 5) is 30.2. The monoisotopic (exact) mass is 454 g/mol. The number of carbonyl (C=O) groups is 1. The third kappa shape index (κ3) is 4.08. The number of ether oxygens (including phenoxy) is 1. The molecule has 0 saturated heterocycles. The average molecular weight is 455 g/mol. The predicted octanol–water partition coefficient (Wildman–Crippen LogP) is 4.25. The summed E-state index contributed by atoms with van der Waals surface area (Å²) in [5, 5.41) is 6.97. The first-order chi connectivity index (χ1) is 16.5. The number of hydrogen-bond donors (Lipinski definition) is 2. The average Bonchev–Trinajstić information content (AvgIpc) is 3.26. The molecule has 34 heavy (non-hydrogen) atoms. The second-order valence-corrected chi connectivity index (χ2v) is 8.46. The minimum Gasteiger partial charge on any atom is -0.369 e.